The maximum absolute atomic E-state index is 12.6. The largest absolute Gasteiger partial charge is 0.493 e. The maximum atomic E-state index is 12.6. The maximum Gasteiger partial charge on any atom is 0.267 e. The highest BCUT2D eigenvalue weighted by Gasteiger charge is 2.16. The second-order valence-corrected chi connectivity index (χ2v) is 9.22. The number of anilines is 2. The van der Waals surface area contributed by atoms with Crippen LogP contribution in [0.15, 0.2) is 82.7 Å². The molecule has 2 heterocycles. The third kappa shape index (κ3) is 6.08. The summed E-state index contributed by atoms with van der Waals surface area (Å²) in [5.74, 6) is 0.454. The van der Waals surface area contributed by atoms with Crippen molar-refractivity contribution in [1.29, 1.82) is 0 Å². The van der Waals surface area contributed by atoms with Gasteiger partial charge in [0.2, 0.25) is 11.9 Å². The SMILES string of the molecule is COc1ccc(-c2ccc(=O)n(CC(=O)Nc3ccc(S(=O)(=O)Nc4ncccn4)cc3)n2)cc1OC. The lowest BCUT2D eigenvalue weighted by Gasteiger charge is -2.11. The Balaban J connectivity index is 1.46. The summed E-state index contributed by atoms with van der Waals surface area (Å²) in [5.41, 5.74) is 0.995. The Morgan fingerprint density at radius 1 is 0.946 bits per heavy atom. The van der Waals surface area contributed by atoms with Gasteiger partial charge in [0.05, 0.1) is 24.8 Å². The van der Waals surface area contributed by atoms with Gasteiger partial charge in [0, 0.05) is 29.7 Å². The first-order chi connectivity index (χ1) is 17.8. The lowest BCUT2D eigenvalue weighted by Crippen LogP contribution is -2.29. The number of nitrogens with one attached hydrogen (secondary N) is 2. The minimum atomic E-state index is -3.91. The summed E-state index contributed by atoms with van der Waals surface area (Å²) in [6.45, 7) is -0.354. The van der Waals surface area contributed by atoms with Gasteiger partial charge in [-0.25, -0.2) is 27.8 Å². The minimum absolute atomic E-state index is 0.0431. The number of aromatic nitrogens is 4. The first-order valence-corrected chi connectivity index (χ1v) is 12.3. The first kappa shape index (κ1) is 25.3. The number of hydrogen-bond donors (Lipinski definition) is 2. The molecular formula is C24H22N6O6S. The summed E-state index contributed by atoms with van der Waals surface area (Å²) in [4.78, 5) is 32.5. The molecule has 0 bridgehead atoms. The molecule has 0 atom stereocenters. The number of amides is 1. The third-order valence-electron chi connectivity index (χ3n) is 5.08. The van der Waals surface area contributed by atoms with Crippen molar-refractivity contribution in [2.24, 2.45) is 0 Å². The number of sulfonamides is 1. The molecule has 0 spiro atoms. The van der Waals surface area contributed by atoms with Gasteiger partial charge < -0.3 is 14.8 Å². The molecule has 0 unspecified atom stereocenters. The molecule has 1 amide bonds. The number of methoxy groups -OCH3 is 2. The van der Waals surface area contributed by atoms with E-state index in [1.54, 1.807) is 30.3 Å². The van der Waals surface area contributed by atoms with E-state index in [4.69, 9.17) is 9.47 Å². The van der Waals surface area contributed by atoms with Gasteiger partial charge in [-0.15, -0.1) is 0 Å². The van der Waals surface area contributed by atoms with E-state index in [0.717, 1.165) is 4.68 Å². The van der Waals surface area contributed by atoms with E-state index in [-0.39, 0.29) is 17.4 Å². The molecule has 0 saturated carbocycles. The van der Waals surface area contributed by atoms with E-state index >= 15 is 0 Å². The number of rotatable bonds is 9. The quantitative estimate of drug-likeness (QED) is 0.336. The van der Waals surface area contributed by atoms with Crippen LogP contribution in [-0.2, 0) is 21.4 Å². The highest BCUT2D eigenvalue weighted by Crippen LogP contribution is 2.31. The van der Waals surface area contributed by atoms with Gasteiger partial charge in [-0.3, -0.25) is 9.59 Å². The molecular weight excluding hydrogens is 500 g/mol. The van der Waals surface area contributed by atoms with Gasteiger partial charge in [0.25, 0.3) is 15.6 Å². The fraction of sp³-hybridized carbons (Fsp3) is 0.125. The van der Waals surface area contributed by atoms with Crippen molar-refractivity contribution in [1.82, 2.24) is 19.7 Å². The number of nitrogens with zero attached hydrogens (tertiary/aromatic N) is 4. The van der Waals surface area contributed by atoms with Crippen LogP contribution in [0, 0.1) is 0 Å². The molecule has 0 aliphatic heterocycles. The Labute approximate surface area is 212 Å². The zero-order valence-corrected chi connectivity index (χ0v) is 20.6. The highest BCUT2D eigenvalue weighted by atomic mass is 32.2. The van der Waals surface area contributed by atoms with Crippen molar-refractivity contribution in [3.63, 3.8) is 0 Å². The molecule has 0 fully saturated rings. The molecule has 190 valence electrons. The second-order valence-electron chi connectivity index (χ2n) is 7.53. The number of carbonyl (C=O) groups excluding carboxylic acids is 1. The molecule has 0 aliphatic rings. The van der Waals surface area contributed by atoms with Crippen LogP contribution in [0.5, 0.6) is 11.5 Å². The molecule has 4 aromatic rings. The Morgan fingerprint density at radius 3 is 2.32 bits per heavy atom. The molecule has 12 nitrogen and oxygen atoms in total. The van der Waals surface area contributed by atoms with Gasteiger partial charge in [0.1, 0.15) is 6.54 Å². The van der Waals surface area contributed by atoms with E-state index in [1.807, 2.05) is 0 Å². The van der Waals surface area contributed by atoms with Crippen LogP contribution in [-0.4, -0.2) is 48.3 Å². The van der Waals surface area contributed by atoms with Crippen molar-refractivity contribution >= 4 is 27.6 Å². The predicted molar refractivity (Wildman–Crippen MR) is 135 cm³/mol. The van der Waals surface area contributed by atoms with Gasteiger partial charge in [0.15, 0.2) is 11.5 Å². The highest BCUT2D eigenvalue weighted by molar-refractivity contribution is 7.92. The third-order valence-corrected chi connectivity index (χ3v) is 6.42. The Morgan fingerprint density at radius 2 is 1.65 bits per heavy atom. The molecule has 2 aromatic carbocycles. The van der Waals surface area contributed by atoms with Gasteiger partial charge in [-0.05, 0) is 54.6 Å². The normalized spacial score (nSPS) is 11.0. The molecule has 13 heteroatoms. The van der Waals surface area contributed by atoms with E-state index in [0.29, 0.717) is 28.4 Å². The Kier molecular flexibility index (Phi) is 7.44. The van der Waals surface area contributed by atoms with Crippen LogP contribution >= 0.6 is 0 Å². The van der Waals surface area contributed by atoms with Gasteiger partial charge >= 0.3 is 0 Å². The number of ether oxygens (including phenoxy) is 2. The fourth-order valence-electron chi connectivity index (χ4n) is 3.30. The smallest absolute Gasteiger partial charge is 0.267 e. The second kappa shape index (κ2) is 10.9. The fourth-order valence-corrected chi connectivity index (χ4v) is 4.25. The predicted octanol–water partition coefficient (Wildman–Crippen LogP) is 2.16. The number of benzene rings is 2. The molecule has 0 saturated heterocycles. The van der Waals surface area contributed by atoms with Crippen molar-refractivity contribution < 1.29 is 22.7 Å². The van der Waals surface area contributed by atoms with Crippen molar-refractivity contribution in [2.75, 3.05) is 24.3 Å². The number of hydrogen-bond acceptors (Lipinski definition) is 9. The van der Waals surface area contributed by atoms with Crippen LogP contribution in [0.25, 0.3) is 11.3 Å². The lowest BCUT2D eigenvalue weighted by atomic mass is 10.1. The van der Waals surface area contributed by atoms with E-state index in [9.17, 15) is 18.0 Å². The van der Waals surface area contributed by atoms with Crippen molar-refractivity contribution in [2.45, 2.75) is 11.4 Å². The van der Waals surface area contributed by atoms with Crippen LogP contribution in [0.3, 0.4) is 0 Å². The standard InChI is InChI=1S/C24H22N6O6S/c1-35-20-10-4-16(14-21(20)36-2)19-9-11-23(32)30(28-19)15-22(31)27-17-5-7-18(8-6-17)37(33,34)29-24-25-12-3-13-26-24/h3-14H,15H2,1-2H3,(H,27,31)(H,25,26,29). The molecule has 2 N–H and O–H groups in total. The molecule has 4 rings (SSSR count). The lowest BCUT2D eigenvalue weighted by molar-refractivity contribution is -0.117. The van der Waals surface area contributed by atoms with Crippen LogP contribution < -0.4 is 25.1 Å². The van der Waals surface area contributed by atoms with Gasteiger partial charge in [-0.1, -0.05) is 0 Å². The summed E-state index contributed by atoms with van der Waals surface area (Å²) in [5, 5.41) is 6.91. The summed E-state index contributed by atoms with van der Waals surface area (Å²) < 4.78 is 38.8. The summed E-state index contributed by atoms with van der Waals surface area (Å²) in [7, 11) is -0.878. The minimum Gasteiger partial charge on any atom is -0.493 e. The topological polar surface area (TPSA) is 154 Å². The average molecular weight is 523 g/mol. The summed E-state index contributed by atoms with van der Waals surface area (Å²) >= 11 is 0. The number of carbonyl (C=O) groups is 1. The molecule has 37 heavy (non-hydrogen) atoms. The van der Waals surface area contributed by atoms with E-state index in [1.165, 1.54) is 56.9 Å². The average Bonchev–Trinajstić information content (AvgIpc) is 2.90. The molecule has 2 aromatic heterocycles. The van der Waals surface area contributed by atoms with Crippen LogP contribution in [0.4, 0.5) is 11.6 Å². The zero-order valence-electron chi connectivity index (χ0n) is 19.8. The van der Waals surface area contributed by atoms with E-state index in [2.05, 4.69) is 25.1 Å². The zero-order chi connectivity index (χ0) is 26.4. The monoisotopic (exact) mass is 522 g/mol. The van der Waals surface area contributed by atoms with Crippen LogP contribution in [0.1, 0.15) is 0 Å². The summed E-state index contributed by atoms with van der Waals surface area (Å²) in [6, 6.07) is 15.1. The van der Waals surface area contributed by atoms with Crippen molar-refractivity contribution in [3.05, 3.63) is 83.4 Å². The molecule has 0 radical (unpaired) electrons. The van der Waals surface area contributed by atoms with Gasteiger partial charge in [-0.2, -0.15) is 5.10 Å². The van der Waals surface area contributed by atoms with Crippen LogP contribution in [0.2, 0.25) is 0 Å². The van der Waals surface area contributed by atoms with E-state index < -0.39 is 21.5 Å². The molecule has 0 aliphatic carbocycles. The Hall–Kier alpha value is -4.78. The first-order valence-electron chi connectivity index (χ1n) is 10.8. The van der Waals surface area contributed by atoms with Crippen molar-refractivity contribution in [3.8, 4) is 22.8 Å². The Bertz CT molecular complexity index is 1570. The summed E-state index contributed by atoms with van der Waals surface area (Å²) in [6.07, 6.45) is 2.82.